The van der Waals surface area contributed by atoms with Gasteiger partial charge in [0.25, 0.3) is 0 Å². The molecule has 0 aromatic rings. The molecule has 72 valence electrons. The summed E-state index contributed by atoms with van der Waals surface area (Å²) in [6.45, 7) is 1.50. The second kappa shape index (κ2) is 3.85. The van der Waals surface area contributed by atoms with Gasteiger partial charge >= 0.3 is 0 Å². The third-order valence-corrected chi connectivity index (χ3v) is 3.26. The van der Waals surface area contributed by atoms with Crippen LogP contribution in [0.5, 0.6) is 0 Å². The molecular formula is C9H10Br2O2. The topological polar surface area (TPSA) is 21.8 Å². The van der Waals surface area contributed by atoms with E-state index in [0.29, 0.717) is 12.7 Å². The van der Waals surface area contributed by atoms with Crippen molar-refractivity contribution in [2.45, 2.75) is 17.0 Å². The fourth-order valence-electron chi connectivity index (χ4n) is 1.14. The maximum atomic E-state index is 5.70. The van der Waals surface area contributed by atoms with E-state index in [2.05, 4.69) is 31.9 Å². The fourth-order valence-corrected chi connectivity index (χ4v) is 2.67. The zero-order chi connectivity index (χ0) is 9.31. The summed E-state index contributed by atoms with van der Waals surface area (Å²) in [6, 6.07) is 0. The van der Waals surface area contributed by atoms with Crippen molar-refractivity contribution in [2.75, 3.05) is 13.2 Å². The van der Waals surface area contributed by atoms with Crippen molar-refractivity contribution >= 4 is 31.9 Å². The molecule has 0 radical (unpaired) electrons. The smallest absolute Gasteiger partial charge is 0.146 e. The first-order chi connectivity index (χ1) is 6.18. The molecule has 2 atom stereocenters. The maximum absolute atomic E-state index is 5.70. The average molecular weight is 310 g/mol. The van der Waals surface area contributed by atoms with Crippen LogP contribution in [0, 0.1) is 0 Å². The molecule has 0 N–H and O–H groups in total. The summed E-state index contributed by atoms with van der Waals surface area (Å²) >= 11 is 7.01. The molecule has 0 aromatic heterocycles. The molecule has 0 amide bonds. The van der Waals surface area contributed by atoms with Gasteiger partial charge in [0.2, 0.25) is 0 Å². The SMILES string of the molecule is BrC1=CC=CC(Br)(OCC2CO2)C1. The molecule has 2 unspecified atom stereocenters. The van der Waals surface area contributed by atoms with E-state index in [9.17, 15) is 0 Å². The van der Waals surface area contributed by atoms with Gasteiger partial charge in [-0.15, -0.1) is 0 Å². The van der Waals surface area contributed by atoms with E-state index >= 15 is 0 Å². The van der Waals surface area contributed by atoms with Gasteiger partial charge in [-0.2, -0.15) is 0 Å². The van der Waals surface area contributed by atoms with E-state index in [4.69, 9.17) is 9.47 Å². The van der Waals surface area contributed by atoms with Crippen molar-refractivity contribution in [1.29, 1.82) is 0 Å². The molecule has 1 heterocycles. The number of hydrogen-bond donors (Lipinski definition) is 0. The highest BCUT2D eigenvalue weighted by atomic mass is 79.9. The monoisotopic (exact) mass is 308 g/mol. The first kappa shape index (κ1) is 9.90. The van der Waals surface area contributed by atoms with Crippen molar-refractivity contribution < 1.29 is 9.47 Å². The zero-order valence-electron chi connectivity index (χ0n) is 7.00. The van der Waals surface area contributed by atoms with Crippen LogP contribution >= 0.6 is 31.9 Å². The molecule has 1 aliphatic carbocycles. The summed E-state index contributed by atoms with van der Waals surface area (Å²) in [6.07, 6.45) is 7.16. The fraction of sp³-hybridized carbons (Fsp3) is 0.556. The van der Waals surface area contributed by atoms with Gasteiger partial charge in [0.15, 0.2) is 0 Å². The van der Waals surface area contributed by atoms with Gasteiger partial charge in [-0.05, 0) is 26.5 Å². The Bertz CT molecular complexity index is 258. The molecule has 0 spiro atoms. The summed E-state index contributed by atoms with van der Waals surface area (Å²) in [5, 5.41) is 0. The molecule has 0 saturated carbocycles. The Balaban J connectivity index is 1.88. The van der Waals surface area contributed by atoms with E-state index in [0.717, 1.165) is 17.5 Å². The Labute approximate surface area is 94.2 Å². The molecule has 1 aliphatic heterocycles. The Morgan fingerprint density at radius 2 is 2.46 bits per heavy atom. The number of epoxide rings is 1. The highest BCUT2D eigenvalue weighted by Crippen LogP contribution is 2.35. The van der Waals surface area contributed by atoms with Gasteiger partial charge < -0.3 is 9.47 Å². The summed E-state index contributed by atoms with van der Waals surface area (Å²) in [5.41, 5.74) is 0. The molecule has 0 aromatic carbocycles. The van der Waals surface area contributed by atoms with E-state index in [1.165, 1.54) is 0 Å². The van der Waals surface area contributed by atoms with Crippen molar-refractivity contribution in [3.63, 3.8) is 0 Å². The van der Waals surface area contributed by atoms with Crippen molar-refractivity contribution in [2.24, 2.45) is 0 Å². The highest BCUT2D eigenvalue weighted by Gasteiger charge is 2.31. The molecule has 2 aliphatic rings. The van der Waals surface area contributed by atoms with Crippen molar-refractivity contribution in [3.8, 4) is 0 Å². The van der Waals surface area contributed by atoms with Crippen LogP contribution < -0.4 is 0 Å². The molecule has 2 rings (SSSR count). The van der Waals surface area contributed by atoms with Gasteiger partial charge in [0.1, 0.15) is 10.6 Å². The van der Waals surface area contributed by atoms with Crippen LogP contribution in [0.15, 0.2) is 22.7 Å². The summed E-state index contributed by atoms with van der Waals surface area (Å²) in [4.78, 5) is 0. The lowest BCUT2D eigenvalue weighted by atomic mass is 10.1. The van der Waals surface area contributed by atoms with Crippen LogP contribution in [0.3, 0.4) is 0 Å². The molecule has 2 nitrogen and oxygen atoms in total. The Hall–Kier alpha value is 0.360. The van der Waals surface area contributed by atoms with E-state index in [1.54, 1.807) is 0 Å². The number of hydrogen-bond acceptors (Lipinski definition) is 2. The molecule has 1 saturated heterocycles. The second-order valence-corrected chi connectivity index (χ2v) is 5.56. The Morgan fingerprint density at radius 1 is 1.69 bits per heavy atom. The molecule has 4 heteroatoms. The van der Waals surface area contributed by atoms with Gasteiger partial charge in [-0.1, -0.05) is 28.1 Å². The molecule has 0 bridgehead atoms. The number of halogens is 2. The predicted octanol–water partition coefficient (Wildman–Crippen LogP) is 2.73. The Kier molecular flexibility index (Phi) is 2.93. The number of allylic oxidation sites excluding steroid dienone is 2. The summed E-state index contributed by atoms with van der Waals surface area (Å²) in [5.74, 6) is 0. The third kappa shape index (κ3) is 2.91. The van der Waals surface area contributed by atoms with Crippen molar-refractivity contribution in [3.05, 3.63) is 22.7 Å². The van der Waals surface area contributed by atoms with Crippen LogP contribution in [0.4, 0.5) is 0 Å². The molecule has 1 fully saturated rings. The minimum Gasteiger partial charge on any atom is -0.371 e. The highest BCUT2D eigenvalue weighted by molar-refractivity contribution is 9.12. The second-order valence-electron chi connectivity index (χ2n) is 3.20. The largest absolute Gasteiger partial charge is 0.371 e. The van der Waals surface area contributed by atoms with Crippen molar-refractivity contribution in [1.82, 2.24) is 0 Å². The third-order valence-electron chi connectivity index (χ3n) is 1.94. The number of alkyl halides is 1. The standard InChI is InChI=1S/C9H10Br2O2/c10-7-2-1-3-9(11,4-7)13-6-8-5-12-8/h1-3,8H,4-6H2. The molecular weight excluding hydrogens is 300 g/mol. The van der Waals surface area contributed by atoms with E-state index in [-0.39, 0.29) is 4.51 Å². The first-order valence-corrected chi connectivity index (χ1v) is 5.75. The minimum absolute atomic E-state index is 0.313. The van der Waals surface area contributed by atoms with E-state index < -0.39 is 0 Å². The lowest BCUT2D eigenvalue weighted by Gasteiger charge is -2.26. The van der Waals surface area contributed by atoms with Gasteiger partial charge in [-0.25, -0.2) is 0 Å². The predicted molar refractivity (Wildman–Crippen MR) is 58.1 cm³/mol. The van der Waals surface area contributed by atoms with Crippen LogP contribution in [0.1, 0.15) is 6.42 Å². The minimum atomic E-state index is -0.341. The van der Waals surface area contributed by atoms with Gasteiger partial charge in [0.05, 0.1) is 13.2 Å². The molecule has 13 heavy (non-hydrogen) atoms. The van der Waals surface area contributed by atoms with Crippen LogP contribution in [-0.2, 0) is 9.47 Å². The quantitative estimate of drug-likeness (QED) is 0.590. The number of rotatable bonds is 3. The van der Waals surface area contributed by atoms with Crippen LogP contribution in [0.25, 0.3) is 0 Å². The lowest BCUT2D eigenvalue weighted by Crippen LogP contribution is -2.25. The normalized spacial score (nSPS) is 37.4. The number of ether oxygens (including phenoxy) is 2. The zero-order valence-corrected chi connectivity index (χ0v) is 10.2. The lowest BCUT2D eigenvalue weighted by molar-refractivity contribution is 0.0541. The average Bonchev–Trinajstić information content (AvgIpc) is 2.83. The maximum Gasteiger partial charge on any atom is 0.146 e. The summed E-state index contributed by atoms with van der Waals surface area (Å²) < 4.78 is 11.6. The Morgan fingerprint density at radius 3 is 3.08 bits per heavy atom. The van der Waals surface area contributed by atoms with Crippen LogP contribution in [-0.4, -0.2) is 23.8 Å². The summed E-state index contributed by atoms with van der Waals surface area (Å²) in [7, 11) is 0. The van der Waals surface area contributed by atoms with Gasteiger partial charge in [0, 0.05) is 6.42 Å². The van der Waals surface area contributed by atoms with Gasteiger partial charge in [-0.3, -0.25) is 0 Å². The van der Waals surface area contributed by atoms with Crippen LogP contribution in [0.2, 0.25) is 0 Å². The van der Waals surface area contributed by atoms with E-state index in [1.807, 2.05) is 18.2 Å². The first-order valence-electron chi connectivity index (χ1n) is 4.16.